The molecule has 4 N–H and O–H groups in total. The smallest absolute Gasteiger partial charge is 0.144 e. The molecule has 0 spiro atoms. The summed E-state index contributed by atoms with van der Waals surface area (Å²) in [7, 11) is 0. The molecule has 5 heteroatoms. The summed E-state index contributed by atoms with van der Waals surface area (Å²) in [6.45, 7) is 4.16. The molecule has 0 amide bonds. The number of nitrogens with two attached hydrogens (primary N) is 1. The average molecular weight is 234 g/mol. The third-order valence-corrected chi connectivity index (χ3v) is 2.35. The van der Waals surface area contributed by atoms with Gasteiger partial charge in [-0.1, -0.05) is 13.8 Å². The van der Waals surface area contributed by atoms with Crippen LogP contribution in [0.15, 0.2) is 12.3 Å². The van der Waals surface area contributed by atoms with Crippen LogP contribution in [0.3, 0.4) is 0 Å². The first-order chi connectivity index (χ1) is 8.06. The van der Waals surface area contributed by atoms with Crippen LogP contribution in [-0.2, 0) is 0 Å². The SMILES string of the molecule is CC(C)CC(CO)Nc1ncc(N)cc1C#N. The lowest BCUT2D eigenvalue weighted by Gasteiger charge is -2.19. The Morgan fingerprint density at radius 3 is 2.82 bits per heavy atom. The van der Waals surface area contributed by atoms with E-state index >= 15 is 0 Å². The predicted octanol–water partition coefficient (Wildman–Crippen LogP) is 1.35. The molecule has 0 aromatic carbocycles. The van der Waals surface area contributed by atoms with Crippen molar-refractivity contribution in [3.63, 3.8) is 0 Å². The summed E-state index contributed by atoms with van der Waals surface area (Å²) in [6.07, 6.45) is 2.31. The highest BCUT2D eigenvalue weighted by Gasteiger charge is 2.12. The summed E-state index contributed by atoms with van der Waals surface area (Å²) in [5, 5.41) is 21.3. The Morgan fingerprint density at radius 1 is 1.59 bits per heavy atom. The molecule has 1 aromatic rings. The van der Waals surface area contributed by atoms with E-state index in [2.05, 4.69) is 24.1 Å². The summed E-state index contributed by atoms with van der Waals surface area (Å²) < 4.78 is 0. The number of aliphatic hydroxyl groups excluding tert-OH is 1. The van der Waals surface area contributed by atoms with Crippen molar-refractivity contribution in [3.8, 4) is 6.07 Å². The van der Waals surface area contributed by atoms with Crippen LogP contribution in [0, 0.1) is 17.2 Å². The van der Waals surface area contributed by atoms with Crippen LogP contribution in [0.5, 0.6) is 0 Å². The zero-order valence-electron chi connectivity index (χ0n) is 10.1. The van der Waals surface area contributed by atoms with Crippen LogP contribution in [0.4, 0.5) is 11.5 Å². The number of aromatic nitrogens is 1. The number of nitrogens with one attached hydrogen (secondary N) is 1. The third kappa shape index (κ3) is 3.93. The molecule has 0 aliphatic heterocycles. The molecule has 0 saturated carbocycles. The highest BCUT2D eigenvalue weighted by atomic mass is 16.3. The third-order valence-electron chi connectivity index (χ3n) is 2.35. The zero-order valence-corrected chi connectivity index (χ0v) is 10.1. The number of hydrogen-bond acceptors (Lipinski definition) is 5. The van der Waals surface area contributed by atoms with Crippen LogP contribution in [-0.4, -0.2) is 22.7 Å². The minimum Gasteiger partial charge on any atom is -0.397 e. The second-order valence-electron chi connectivity index (χ2n) is 4.43. The molecule has 0 saturated heterocycles. The summed E-state index contributed by atoms with van der Waals surface area (Å²) in [6, 6.07) is 3.50. The van der Waals surface area contributed by atoms with Crippen molar-refractivity contribution in [1.82, 2.24) is 4.98 Å². The normalized spacial score (nSPS) is 12.2. The van der Waals surface area contributed by atoms with Gasteiger partial charge in [0.05, 0.1) is 30.1 Å². The molecule has 0 aliphatic carbocycles. The fourth-order valence-corrected chi connectivity index (χ4v) is 1.62. The maximum absolute atomic E-state index is 9.26. The van der Waals surface area contributed by atoms with Crippen LogP contribution in [0.1, 0.15) is 25.8 Å². The molecule has 17 heavy (non-hydrogen) atoms. The van der Waals surface area contributed by atoms with Gasteiger partial charge in [-0.15, -0.1) is 0 Å². The van der Waals surface area contributed by atoms with Gasteiger partial charge in [0.1, 0.15) is 11.9 Å². The molecule has 5 nitrogen and oxygen atoms in total. The van der Waals surface area contributed by atoms with Gasteiger partial charge >= 0.3 is 0 Å². The summed E-state index contributed by atoms with van der Waals surface area (Å²) in [5.74, 6) is 0.931. The molecule has 1 heterocycles. The largest absolute Gasteiger partial charge is 0.397 e. The molecule has 1 unspecified atom stereocenters. The summed E-state index contributed by atoms with van der Waals surface area (Å²) in [4.78, 5) is 4.07. The Labute approximate surface area is 101 Å². The molecule has 0 fully saturated rings. The molecular weight excluding hydrogens is 216 g/mol. The van der Waals surface area contributed by atoms with Gasteiger partial charge in [-0.25, -0.2) is 4.98 Å². The van der Waals surface area contributed by atoms with E-state index in [-0.39, 0.29) is 12.6 Å². The molecule has 1 aromatic heterocycles. The highest BCUT2D eigenvalue weighted by molar-refractivity contribution is 5.57. The Kier molecular flexibility index (Phi) is 4.73. The summed E-state index contributed by atoms with van der Waals surface area (Å²) >= 11 is 0. The lowest BCUT2D eigenvalue weighted by Crippen LogP contribution is -2.26. The van der Waals surface area contributed by atoms with Gasteiger partial charge in [0.25, 0.3) is 0 Å². The number of anilines is 2. The molecule has 1 atom stereocenters. The number of pyridine rings is 1. The lowest BCUT2D eigenvalue weighted by molar-refractivity contribution is 0.259. The van der Waals surface area contributed by atoms with Gasteiger partial charge in [-0.3, -0.25) is 0 Å². The van der Waals surface area contributed by atoms with Crippen molar-refractivity contribution < 1.29 is 5.11 Å². The van der Waals surface area contributed by atoms with Crippen LogP contribution < -0.4 is 11.1 Å². The monoisotopic (exact) mass is 234 g/mol. The second-order valence-corrected chi connectivity index (χ2v) is 4.43. The van der Waals surface area contributed by atoms with Crippen molar-refractivity contribution >= 4 is 11.5 Å². The van der Waals surface area contributed by atoms with Crippen molar-refractivity contribution in [1.29, 1.82) is 5.26 Å². The van der Waals surface area contributed by atoms with E-state index in [1.54, 1.807) is 6.07 Å². The van der Waals surface area contributed by atoms with E-state index in [1.807, 2.05) is 6.07 Å². The van der Waals surface area contributed by atoms with Crippen molar-refractivity contribution in [2.45, 2.75) is 26.3 Å². The van der Waals surface area contributed by atoms with E-state index in [0.717, 1.165) is 6.42 Å². The highest BCUT2D eigenvalue weighted by Crippen LogP contribution is 2.17. The van der Waals surface area contributed by atoms with Crippen molar-refractivity contribution in [3.05, 3.63) is 17.8 Å². The Balaban J connectivity index is 2.83. The van der Waals surface area contributed by atoms with E-state index in [0.29, 0.717) is 23.0 Å². The maximum Gasteiger partial charge on any atom is 0.144 e. The Morgan fingerprint density at radius 2 is 2.29 bits per heavy atom. The van der Waals surface area contributed by atoms with Crippen molar-refractivity contribution in [2.75, 3.05) is 17.7 Å². The van der Waals surface area contributed by atoms with E-state index in [1.165, 1.54) is 6.20 Å². The molecule has 0 bridgehead atoms. The number of hydrogen-bond donors (Lipinski definition) is 3. The topological polar surface area (TPSA) is 95.0 Å². The van der Waals surface area contributed by atoms with Gasteiger partial charge in [0.15, 0.2) is 0 Å². The summed E-state index contributed by atoms with van der Waals surface area (Å²) in [5.41, 5.74) is 6.41. The van der Waals surface area contributed by atoms with E-state index < -0.39 is 0 Å². The van der Waals surface area contributed by atoms with Gasteiger partial charge in [-0.05, 0) is 18.4 Å². The predicted molar refractivity (Wildman–Crippen MR) is 67.3 cm³/mol. The van der Waals surface area contributed by atoms with E-state index in [9.17, 15) is 5.11 Å². The Hall–Kier alpha value is -1.80. The lowest BCUT2D eigenvalue weighted by atomic mass is 10.0. The molecule has 1 rings (SSSR count). The number of nitrogens with zero attached hydrogens (tertiary/aromatic N) is 2. The number of rotatable bonds is 5. The first-order valence-corrected chi connectivity index (χ1v) is 5.59. The minimum atomic E-state index is -0.0989. The fraction of sp³-hybridized carbons (Fsp3) is 0.500. The minimum absolute atomic E-state index is 0.00903. The van der Waals surface area contributed by atoms with Crippen molar-refractivity contribution in [2.24, 2.45) is 5.92 Å². The number of nitriles is 1. The number of nitrogen functional groups attached to an aromatic ring is 1. The van der Waals surface area contributed by atoms with Gasteiger partial charge in [0.2, 0.25) is 0 Å². The quantitative estimate of drug-likeness (QED) is 0.715. The van der Waals surface area contributed by atoms with Gasteiger partial charge in [0, 0.05) is 0 Å². The fourth-order valence-electron chi connectivity index (χ4n) is 1.62. The Bertz CT molecular complexity index is 411. The zero-order chi connectivity index (χ0) is 12.8. The second kappa shape index (κ2) is 6.06. The van der Waals surface area contributed by atoms with Crippen LogP contribution in [0.25, 0.3) is 0 Å². The molecule has 0 radical (unpaired) electrons. The number of aliphatic hydroxyl groups is 1. The average Bonchev–Trinajstić information content (AvgIpc) is 2.29. The molecular formula is C12H18N4O. The first kappa shape index (κ1) is 13.3. The maximum atomic E-state index is 9.26. The molecule has 92 valence electrons. The standard InChI is InChI=1S/C12H18N4O/c1-8(2)3-11(7-17)16-12-9(5-13)4-10(14)6-15-12/h4,6,8,11,17H,3,7,14H2,1-2H3,(H,15,16). The van der Waals surface area contributed by atoms with Gasteiger partial charge in [-0.2, -0.15) is 5.26 Å². The molecule has 0 aliphatic rings. The van der Waals surface area contributed by atoms with Crippen LogP contribution >= 0.6 is 0 Å². The van der Waals surface area contributed by atoms with Gasteiger partial charge < -0.3 is 16.2 Å². The van der Waals surface area contributed by atoms with E-state index in [4.69, 9.17) is 11.0 Å². The van der Waals surface area contributed by atoms with Crippen LogP contribution in [0.2, 0.25) is 0 Å². The first-order valence-electron chi connectivity index (χ1n) is 5.59.